The Morgan fingerprint density at radius 1 is 1.11 bits per heavy atom. The minimum atomic E-state index is -0.442. The van der Waals surface area contributed by atoms with Crippen LogP contribution in [-0.4, -0.2) is 31.7 Å². The standard InChI is InChI=1S/C19H22N4O4/c1-12(22-23-19(25)14-6-4-5-7-15(14)20)10-18(24)21-16-11-13(26-2)8-9-17(16)27-3/h4-9,11H,10,20H2,1-3H3,(H,21,24)(H,23,25). The number of nitrogens with one attached hydrogen (secondary N) is 2. The number of nitrogen functional groups attached to an aromatic ring is 1. The topological polar surface area (TPSA) is 115 Å². The Morgan fingerprint density at radius 2 is 1.85 bits per heavy atom. The number of carbonyl (C=O) groups excluding carboxylic acids is 2. The highest BCUT2D eigenvalue weighted by Gasteiger charge is 2.11. The van der Waals surface area contributed by atoms with E-state index in [9.17, 15) is 9.59 Å². The summed E-state index contributed by atoms with van der Waals surface area (Å²) in [7, 11) is 3.04. The molecule has 0 radical (unpaired) electrons. The second-order valence-corrected chi connectivity index (χ2v) is 5.67. The van der Waals surface area contributed by atoms with Crippen LogP contribution < -0.4 is 25.9 Å². The summed E-state index contributed by atoms with van der Waals surface area (Å²) in [5.41, 5.74) is 9.73. The van der Waals surface area contributed by atoms with Gasteiger partial charge in [-0.1, -0.05) is 12.1 Å². The minimum absolute atomic E-state index is 0.00901. The fraction of sp³-hybridized carbons (Fsp3) is 0.211. The molecule has 0 aliphatic heterocycles. The van der Waals surface area contributed by atoms with Gasteiger partial charge in [0.05, 0.1) is 31.9 Å². The molecule has 0 saturated carbocycles. The number of rotatable bonds is 7. The Balaban J connectivity index is 1.98. The Bertz CT molecular complexity index is 865. The van der Waals surface area contributed by atoms with Crippen LogP contribution in [0, 0.1) is 0 Å². The zero-order chi connectivity index (χ0) is 19.8. The first-order valence-corrected chi connectivity index (χ1v) is 8.14. The number of methoxy groups -OCH3 is 2. The van der Waals surface area contributed by atoms with Gasteiger partial charge in [0.25, 0.3) is 5.91 Å². The van der Waals surface area contributed by atoms with E-state index in [0.717, 1.165) is 0 Å². The number of carbonyl (C=O) groups is 2. The van der Waals surface area contributed by atoms with Gasteiger partial charge in [0.2, 0.25) is 5.91 Å². The predicted molar refractivity (Wildman–Crippen MR) is 104 cm³/mol. The molecule has 0 aromatic heterocycles. The van der Waals surface area contributed by atoms with Crippen LogP contribution in [0.25, 0.3) is 0 Å². The number of hydrogen-bond donors (Lipinski definition) is 3. The summed E-state index contributed by atoms with van der Waals surface area (Å²) in [6.07, 6.45) is -0.00901. The monoisotopic (exact) mass is 370 g/mol. The first-order valence-electron chi connectivity index (χ1n) is 8.14. The summed E-state index contributed by atoms with van der Waals surface area (Å²) in [5, 5.41) is 6.68. The van der Waals surface area contributed by atoms with Crippen molar-refractivity contribution in [1.82, 2.24) is 5.43 Å². The molecule has 0 bridgehead atoms. The largest absolute Gasteiger partial charge is 0.497 e. The molecule has 4 N–H and O–H groups in total. The molecule has 2 aromatic rings. The summed E-state index contributed by atoms with van der Waals surface area (Å²) in [6, 6.07) is 11.7. The number of hydrazone groups is 1. The Morgan fingerprint density at radius 3 is 2.52 bits per heavy atom. The number of anilines is 2. The van der Waals surface area contributed by atoms with Crippen molar-refractivity contribution < 1.29 is 19.1 Å². The van der Waals surface area contributed by atoms with Gasteiger partial charge in [-0.3, -0.25) is 9.59 Å². The first kappa shape index (κ1) is 19.8. The normalized spacial score (nSPS) is 10.9. The predicted octanol–water partition coefficient (Wildman–Crippen LogP) is 2.42. The lowest BCUT2D eigenvalue weighted by Gasteiger charge is -2.11. The molecule has 27 heavy (non-hydrogen) atoms. The highest BCUT2D eigenvalue weighted by molar-refractivity contribution is 6.07. The summed E-state index contributed by atoms with van der Waals surface area (Å²) in [4.78, 5) is 24.3. The molecule has 142 valence electrons. The van der Waals surface area contributed by atoms with Gasteiger partial charge in [0, 0.05) is 17.5 Å². The number of benzene rings is 2. The Labute approximate surface area is 157 Å². The third kappa shape index (κ3) is 5.46. The van der Waals surface area contributed by atoms with Crippen molar-refractivity contribution in [3.63, 3.8) is 0 Å². The second kappa shape index (κ2) is 9.23. The van der Waals surface area contributed by atoms with Crippen molar-refractivity contribution >= 4 is 28.9 Å². The lowest BCUT2D eigenvalue weighted by Crippen LogP contribution is -2.22. The van der Waals surface area contributed by atoms with Crippen molar-refractivity contribution in [2.24, 2.45) is 5.10 Å². The molecule has 0 unspecified atom stereocenters. The number of nitrogens with zero attached hydrogens (tertiary/aromatic N) is 1. The van der Waals surface area contributed by atoms with Crippen molar-refractivity contribution in [2.75, 3.05) is 25.3 Å². The van der Waals surface area contributed by atoms with Gasteiger partial charge in [-0.25, -0.2) is 5.43 Å². The van der Waals surface area contributed by atoms with E-state index >= 15 is 0 Å². The van der Waals surface area contributed by atoms with Crippen LogP contribution in [0.4, 0.5) is 11.4 Å². The quantitative estimate of drug-likeness (QED) is 0.393. The highest BCUT2D eigenvalue weighted by Crippen LogP contribution is 2.28. The van der Waals surface area contributed by atoms with Gasteiger partial charge in [-0.15, -0.1) is 0 Å². The van der Waals surface area contributed by atoms with Crippen molar-refractivity contribution in [3.8, 4) is 11.5 Å². The highest BCUT2D eigenvalue weighted by atomic mass is 16.5. The molecule has 2 amide bonds. The maximum absolute atomic E-state index is 12.2. The second-order valence-electron chi connectivity index (χ2n) is 5.67. The minimum Gasteiger partial charge on any atom is -0.497 e. The van der Waals surface area contributed by atoms with E-state index < -0.39 is 5.91 Å². The molecule has 0 fully saturated rings. The SMILES string of the molecule is COc1ccc(OC)c(NC(=O)CC(C)=NNC(=O)c2ccccc2N)c1. The average Bonchev–Trinajstić information content (AvgIpc) is 2.66. The fourth-order valence-corrected chi connectivity index (χ4v) is 2.29. The summed E-state index contributed by atoms with van der Waals surface area (Å²) in [6.45, 7) is 1.64. The lowest BCUT2D eigenvalue weighted by atomic mass is 10.2. The van der Waals surface area contributed by atoms with Crippen molar-refractivity contribution in [2.45, 2.75) is 13.3 Å². The molecule has 0 saturated heterocycles. The molecular weight excluding hydrogens is 348 g/mol. The smallest absolute Gasteiger partial charge is 0.273 e. The molecule has 0 heterocycles. The number of ether oxygens (including phenoxy) is 2. The van der Waals surface area contributed by atoms with E-state index in [2.05, 4.69) is 15.8 Å². The van der Waals surface area contributed by atoms with Crippen LogP contribution in [0.1, 0.15) is 23.7 Å². The summed E-state index contributed by atoms with van der Waals surface area (Å²) >= 11 is 0. The van der Waals surface area contributed by atoms with E-state index in [4.69, 9.17) is 15.2 Å². The molecular formula is C19H22N4O4. The first-order chi connectivity index (χ1) is 12.9. The van der Waals surface area contributed by atoms with Gasteiger partial charge in [0.15, 0.2) is 0 Å². The zero-order valence-electron chi connectivity index (χ0n) is 15.4. The zero-order valence-corrected chi connectivity index (χ0v) is 15.4. The van der Waals surface area contributed by atoms with Gasteiger partial charge in [-0.2, -0.15) is 5.10 Å². The number of hydrogen-bond acceptors (Lipinski definition) is 6. The van der Waals surface area contributed by atoms with Gasteiger partial charge in [0.1, 0.15) is 11.5 Å². The third-order valence-corrected chi connectivity index (χ3v) is 3.65. The lowest BCUT2D eigenvalue weighted by molar-refractivity contribution is -0.115. The molecule has 0 atom stereocenters. The maximum Gasteiger partial charge on any atom is 0.273 e. The molecule has 2 rings (SSSR count). The third-order valence-electron chi connectivity index (χ3n) is 3.65. The Hall–Kier alpha value is -3.55. The van der Waals surface area contributed by atoms with Crippen LogP contribution in [0.2, 0.25) is 0 Å². The van der Waals surface area contributed by atoms with Crippen LogP contribution in [0.3, 0.4) is 0 Å². The van der Waals surface area contributed by atoms with Crippen LogP contribution in [0.15, 0.2) is 47.6 Å². The summed E-state index contributed by atoms with van der Waals surface area (Å²) in [5.74, 6) is 0.342. The van der Waals surface area contributed by atoms with E-state index in [-0.39, 0.29) is 12.3 Å². The fourth-order valence-electron chi connectivity index (χ4n) is 2.29. The molecule has 0 spiro atoms. The molecule has 0 aliphatic carbocycles. The number of amides is 2. The number of para-hydroxylation sites is 1. The van der Waals surface area contributed by atoms with E-state index in [1.807, 2.05) is 0 Å². The van der Waals surface area contributed by atoms with Crippen LogP contribution >= 0.6 is 0 Å². The maximum atomic E-state index is 12.2. The van der Waals surface area contributed by atoms with Gasteiger partial charge >= 0.3 is 0 Å². The molecule has 8 nitrogen and oxygen atoms in total. The number of nitrogens with two attached hydrogens (primary N) is 1. The van der Waals surface area contributed by atoms with Gasteiger partial charge in [-0.05, 0) is 31.2 Å². The van der Waals surface area contributed by atoms with E-state index in [1.165, 1.54) is 14.2 Å². The van der Waals surface area contributed by atoms with Crippen LogP contribution in [-0.2, 0) is 4.79 Å². The van der Waals surface area contributed by atoms with Gasteiger partial charge < -0.3 is 20.5 Å². The van der Waals surface area contributed by atoms with Crippen molar-refractivity contribution in [3.05, 3.63) is 48.0 Å². The molecule has 0 aliphatic rings. The van der Waals surface area contributed by atoms with E-state index in [0.29, 0.717) is 34.1 Å². The van der Waals surface area contributed by atoms with Crippen molar-refractivity contribution in [1.29, 1.82) is 0 Å². The Kier molecular flexibility index (Phi) is 6.76. The van der Waals surface area contributed by atoms with Crippen LogP contribution in [0.5, 0.6) is 11.5 Å². The average molecular weight is 370 g/mol. The molecule has 2 aromatic carbocycles. The molecule has 8 heteroatoms. The summed E-state index contributed by atoms with van der Waals surface area (Å²) < 4.78 is 10.4. The van der Waals surface area contributed by atoms with E-state index in [1.54, 1.807) is 49.4 Å².